The zero-order valence-corrected chi connectivity index (χ0v) is 23.4. The van der Waals surface area contributed by atoms with Crippen molar-refractivity contribution in [3.63, 3.8) is 0 Å². The molecule has 7 rings (SSSR count). The topological polar surface area (TPSA) is 61.7 Å². The second-order valence-electron chi connectivity index (χ2n) is 10.9. The van der Waals surface area contributed by atoms with Gasteiger partial charge in [0.1, 0.15) is 11.6 Å². The molecule has 0 fully saturated rings. The predicted octanol–water partition coefficient (Wildman–Crippen LogP) is 6.87. The molecule has 2 aliphatic rings. The van der Waals surface area contributed by atoms with E-state index in [-0.39, 0.29) is 24.1 Å². The Morgan fingerprint density at radius 1 is 1.00 bits per heavy atom. The summed E-state index contributed by atoms with van der Waals surface area (Å²) in [7, 11) is 1.63. The number of rotatable bonds is 8. The van der Waals surface area contributed by atoms with Crippen molar-refractivity contribution >= 4 is 22.5 Å². The number of aromatic nitrogens is 1. The fraction of sp³-hybridized carbons (Fsp3) is 0.229. The summed E-state index contributed by atoms with van der Waals surface area (Å²) < 4.78 is 33.6. The van der Waals surface area contributed by atoms with Gasteiger partial charge in [-0.1, -0.05) is 36.4 Å². The minimum absolute atomic E-state index is 0.0424. The van der Waals surface area contributed by atoms with Crippen LogP contribution in [0.1, 0.15) is 40.2 Å². The van der Waals surface area contributed by atoms with E-state index in [1.807, 2.05) is 48.5 Å². The molecule has 6 nitrogen and oxygen atoms in total. The van der Waals surface area contributed by atoms with E-state index in [1.54, 1.807) is 19.2 Å². The van der Waals surface area contributed by atoms with Crippen molar-refractivity contribution in [2.75, 3.05) is 25.6 Å². The molecule has 42 heavy (non-hydrogen) atoms. The molecule has 0 bridgehead atoms. The fourth-order valence-electron chi connectivity index (χ4n) is 6.21. The van der Waals surface area contributed by atoms with Gasteiger partial charge in [-0.05, 0) is 70.3 Å². The normalized spacial score (nSPS) is 15.6. The Balaban J connectivity index is 1.21. The number of nitrogens with zero attached hydrogens (tertiary/aromatic N) is 1. The third-order valence-electron chi connectivity index (χ3n) is 8.21. The molecule has 1 amide bonds. The molecule has 212 valence electrons. The van der Waals surface area contributed by atoms with Crippen LogP contribution < -0.4 is 19.5 Å². The number of ether oxygens (including phenoxy) is 3. The van der Waals surface area contributed by atoms with Gasteiger partial charge in [0.05, 0.1) is 31.5 Å². The van der Waals surface area contributed by atoms with Crippen molar-refractivity contribution < 1.29 is 23.4 Å². The first-order chi connectivity index (χ1) is 20.6. The molecular weight excluding hydrogens is 531 g/mol. The average molecular weight is 563 g/mol. The van der Waals surface area contributed by atoms with Crippen LogP contribution in [-0.2, 0) is 24.2 Å². The zero-order valence-electron chi connectivity index (χ0n) is 23.4. The summed E-state index contributed by atoms with van der Waals surface area (Å²) in [4.78, 5) is 13.1. The molecule has 1 atom stereocenters. The molecule has 0 saturated heterocycles. The van der Waals surface area contributed by atoms with Crippen LogP contribution in [0.2, 0.25) is 0 Å². The first-order valence-corrected chi connectivity index (χ1v) is 14.3. The van der Waals surface area contributed by atoms with E-state index in [9.17, 15) is 9.18 Å². The number of carbonyl (C=O) groups excluding carboxylic acids is 1. The van der Waals surface area contributed by atoms with Crippen LogP contribution in [0, 0.1) is 5.82 Å². The van der Waals surface area contributed by atoms with Gasteiger partial charge in [0.15, 0.2) is 11.5 Å². The molecule has 0 radical (unpaired) electrons. The molecule has 3 heterocycles. The monoisotopic (exact) mass is 562 g/mol. The van der Waals surface area contributed by atoms with Crippen molar-refractivity contribution in [2.24, 2.45) is 0 Å². The minimum Gasteiger partial charge on any atom is -0.493 e. The Morgan fingerprint density at radius 3 is 2.79 bits per heavy atom. The highest BCUT2D eigenvalue weighted by Gasteiger charge is 2.28. The molecule has 4 aromatic carbocycles. The van der Waals surface area contributed by atoms with E-state index in [2.05, 4.69) is 28.2 Å². The van der Waals surface area contributed by atoms with Crippen LogP contribution >= 0.6 is 0 Å². The lowest BCUT2D eigenvalue weighted by Gasteiger charge is -2.18. The Hall–Kier alpha value is -4.78. The van der Waals surface area contributed by atoms with Crippen LogP contribution in [0.3, 0.4) is 0 Å². The fourth-order valence-corrected chi connectivity index (χ4v) is 6.21. The maximum absolute atomic E-state index is 14.0. The molecule has 0 saturated carbocycles. The molecule has 1 N–H and O–H groups in total. The minimum atomic E-state index is -0.257. The first kappa shape index (κ1) is 26.1. The number of anilines is 1. The number of hydrogen-bond acceptors (Lipinski definition) is 4. The summed E-state index contributed by atoms with van der Waals surface area (Å²) >= 11 is 0. The number of methoxy groups -OCH3 is 1. The van der Waals surface area contributed by atoms with E-state index < -0.39 is 0 Å². The summed E-state index contributed by atoms with van der Waals surface area (Å²) in [5.41, 5.74) is 7.12. The second-order valence-corrected chi connectivity index (χ2v) is 10.9. The maximum Gasteiger partial charge on any atom is 0.225 e. The van der Waals surface area contributed by atoms with E-state index >= 15 is 0 Å². The molecule has 2 aliphatic heterocycles. The van der Waals surface area contributed by atoms with Crippen LogP contribution in [-0.4, -0.2) is 30.8 Å². The van der Waals surface area contributed by atoms with Gasteiger partial charge in [0, 0.05) is 43.3 Å². The van der Waals surface area contributed by atoms with Gasteiger partial charge >= 0.3 is 0 Å². The first-order valence-electron chi connectivity index (χ1n) is 14.3. The average Bonchev–Trinajstić information content (AvgIpc) is 3.57. The lowest BCUT2D eigenvalue weighted by atomic mass is 9.88. The Kier molecular flexibility index (Phi) is 6.78. The number of halogens is 1. The lowest BCUT2D eigenvalue weighted by molar-refractivity contribution is -0.116. The number of hydrogen-bond donors (Lipinski definition) is 1. The van der Waals surface area contributed by atoms with Gasteiger partial charge in [-0.15, -0.1) is 0 Å². The van der Waals surface area contributed by atoms with E-state index in [4.69, 9.17) is 14.2 Å². The highest BCUT2D eigenvalue weighted by molar-refractivity contribution is 6.06. The van der Waals surface area contributed by atoms with Crippen LogP contribution in [0.15, 0.2) is 85.1 Å². The van der Waals surface area contributed by atoms with Gasteiger partial charge in [0.25, 0.3) is 0 Å². The van der Waals surface area contributed by atoms with Crippen LogP contribution in [0.4, 0.5) is 10.1 Å². The number of nitrogens with one attached hydrogen (secondary N) is 1. The van der Waals surface area contributed by atoms with Crippen molar-refractivity contribution in [3.8, 4) is 17.2 Å². The quantitative estimate of drug-likeness (QED) is 0.224. The molecule has 7 heteroatoms. The number of carbonyl (C=O) groups is 1. The number of amides is 1. The van der Waals surface area contributed by atoms with Gasteiger partial charge in [0.2, 0.25) is 5.91 Å². The number of benzene rings is 4. The molecule has 0 aliphatic carbocycles. The smallest absolute Gasteiger partial charge is 0.225 e. The molecule has 5 aromatic rings. The standard InChI is InChI=1S/C35H31FN2O4/c1-40-32-11-9-24(18-33(32)42-14-12-22-8-10-31-25(16-22)13-15-41-31)27-19-34(39)37-29-6-3-7-30-35(29)28(27)21-38(30)20-23-4-2-5-26(36)17-23/h2-11,16-18,21,27H,12-15,19-20H2,1H3,(H,37,39)/t27-/m0/s1. The van der Waals surface area contributed by atoms with E-state index in [0.717, 1.165) is 58.5 Å². The van der Waals surface area contributed by atoms with E-state index in [1.165, 1.54) is 17.2 Å². The highest BCUT2D eigenvalue weighted by atomic mass is 19.1. The van der Waals surface area contributed by atoms with Crippen LogP contribution in [0.25, 0.3) is 10.9 Å². The Morgan fingerprint density at radius 2 is 1.90 bits per heavy atom. The van der Waals surface area contributed by atoms with Crippen LogP contribution in [0.5, 0.6) is 17.2 Å². The third-order valence-corrected chi connectivity index (χ3v) is 8.21. The summed E-state index contributed by atoms with van der Waals surface area (Å²) in [5.74, 6) is 1.77. The highest BCUT2D eigenvalue weighted by Crippen LogP contribution is 2.43. The largest absolute Gasteiger partial charge is 0.493 e. The Bertz CT molecular complexity index is 1810. The maximum atomic E-state index is 14.0. The number of fused-ring (bicyclic) bond motifs is 1. The second kappa shape index (κ2) is 10.9. The van der Waals surface area contributed by atoms with Crippen molar-refractivity contribution in [1.29, 1.82) is 0 Å². The summed E-state index contributed by atoms with van der Waals surface area (Å²) in [5, 5.41) is 4.11. The molecular formula is C35H31FN2O4. The van der Waals surface area contributed by atoms with Gasteiger partial charge in [-0.3, -0.25) is 4.79 Å². The molecule has 1 aromatic heterocycles. The molecule has 0 unspecified atom stereocenters. The summed E-state index contributed by atoms with van der Waals surface area (Å²) in [6, 6.07) is 24.8. The van der Waals surface area contributed by atoms with Crippen molar-refractivity contribution in [2.45, 2.75) is 31.7 Å². The van der Waals surface area contributed by atoms with Crippen molar-refractivity contribution in [3.05, 3.63) is 119 Å². The van der Waals surface area contributed by atoms with Crippen molar-refractivity contribution in [1.82, 2.24) is 4.57 Å². The van der Waals surface area contributed by atoms with E-state index in [0.29, 0.717) is 24.7 Å². The van der Waals surface area contributed by atoms with Gasteiger partial charge in [-0.2, -0.15) is 0 Å². The van der Waals surface area contributed by atoms with Gasteiger partial charge in [-0.25, -0.2) is 4.39 Å². The zero-order chi connectivity index (χ0) is 28.6. The summed E-state index contributed by atoms with van der Waals surface area (Å²) in [6.45, 7) is 1.75. The molecule has 0 spiro atoms. The Labute approximate surface area is 243 Å². The predicted molar refractivity (Wildman–Crippen MR) is 160 cm³/mol. The SMILES string of the molecule is COc1ccc([C@@H]2CC(=O)Nc3cccc4c3c2cn4Cc2cccc(F)c2)cc1OCCc1ccc2c(c1)CCO2. The summed E-state index contributed by atoms with van der Waals surface area (Å²) in [6.07, 6.45) is 4.09. The third kappa shape index (κ3) is 4.96. The lowest BCUT2D eigenvalue weighted by Crippen LogP contribution is -2.14. The van der Waals surface area contributed by atoms with Gasteiger partial charge < -0.3 is 24.1 Å².